The van der Waals surface area contributed by atoms with Gasteiger partial charge >= 0.3 is 0 Å². The molecule has 0 heterocycles. The third-order valence-electron chi connectivity index (χ3n) is 3.00. The third-order valence-corrected chi connectivity index (χ3v) is 5.30. The van der Waals surface area contributed by atoms with E-state index in [1.165, 1.54) is 6.07 Å². The van der Waals surface area contributed by atoms with Gasteiger partial charge in [0.05, 0.1) is 5.02 Å². The molecule has 2 atom stereocenters. The molecule has 1 aliphatic rings. The Kier molecular flexibility index (Phi) is 3.90. The molecule has 18 heavy (non-hydrogen) atoms. The van der Waals surface area contributed by atoms with Crippen LogP contribution >= 0.6 is 23.2 Å². The van der Waals surface area contributed by atoms with Crippen molar-refractivity contribution in [1.29, 1.82) is 0 Å². The summed E-state index contributed by atoms with van der Waals surface area (Å²) < 4.78 is 27.0. The molecule has 1 aliphatic carbocycles. The summed E-state index contributed by atoms with van der Waals surface area (Å²) in [4.78, 5) is -0.00350. The van der Waals surface area contributed by atoms with Crippen LogP contribution in [0.15, 0.2) is 17.0 Å². The van der Waals surface area contributed by atoms with Gasteiger partial charge in [0.1, 0.15) is 4.90 Å². The zero-order valence-corrected chi connectivity index (χ0v) is 12.1. The number of hydrogen-bond acceptors (Lipinski definition) is 3. The van der Waals surface area contributed by atoms with Crippen LogP contribution in [0.3, 0.4) is 0 Å². The highest BCUT2D eigenvalue weighted by Gasteiger charge is 2.37. The fraction of sp³-hybridized carbons (Fsp3) is 0.455. The summed E-state index contributed by atoms with van der Waals surface area (Å²) in [5.74, 6) is 0.367. The summed E-state index contributed by atoms with van der Waals surface area (Å²) in [6.45, 7) is 2.12. The van der Waals surface area contributed by atoms with Crippen LogP contribution in [0.4, 0.5) is 0 Å². The minimum Gasteiger partial charge on any atom is -0.326 e. The summed E-state index contributed by atoms with van der Waals surface area (Å²) in [5.41, 5.74) is 6.03. The molecule has 3 N–H and O–H groups in total. The van der Waals surface area contributed by atoms with Gasteiger partial charge in [-0.2, -0.15) is 0 Å². The maximum absolute atomic E-state index is 12.2. The number of nitrogens with one attached hydrogen (secondary N) is 1. The van der Waals surface area contributed by atoms with E-state index in [1.54, 1.807) is 6.07 Å². The molecule has 1 aromatic carbocycles. The van der Waals surface area contributed by atoms with Gasteiger partial charge in [0.2, 0.25) is 10.0 Å². The van der Waals surface area contributed by atoms with E-state index in [0.717, 1.165) is 6.42 Å². The maximum atomic E-state index is 12.2. The number of hydrogen-bond donors (Lipinski definition) is 2. The smallest absolute Gasteiger partial charge is 0.242 e. The Morgan fingerprint density at radius 1 is 1.44 bits per heavy atom. The van der Waals surface area contributed by atoms with E-state index in [9.17, 15) is 8.42 Å². The molecular weight excluding hydrogens is 295 g/mol. The largest absolute Gasteiger partial charge is 0.326 e. The van der Waals surface area contributed by atoms with Gasteiger partial charge in [-0.15, -0.1) is 0 Å². The summed E-state index contributed by atoms with van der Waals surface area (Å²) >= 11 is 11.9. The van der Waals surface area contributed by atoms with E-state index >= 15 is 0 Å². The first kappa shape index (κ1) is 14.1. The standard InChI is InChI=1S/C11H14Cl2N2O2S/c1-6-2-9(6)15-18(16,17)10-4-8(12)3-7(5-14)11(10)13/h3-4,6,9,15H,2,5,14H2,1H3. The lowest BCUT2D eigenvalue weighted by atomic mass is 10.2. The average Bonchev–Trinajstić information content (AvgIpc) is 2.95. The first-order chi connectivity index (χ1) is 8.35. The predicted octanol–water partition coefficient (Wildman–Crippen LogP) is 2.14. The number of benzene rings is 1. The number of nitrogens with two attached hydrogens (primary N) is 1. The molecule has 7 heteroatoms. The van der Waals surface area contributed by atoms with Crippen LogP contribution in [0.2, 0.25) is 10.0 Å². The molecule has 0 aliphatic heterocycles. The summed E-state index contributed by atoms with van der Waals surface area (Å²) in [5, 5.41) is 0.451. The summed E-state index contributed by atoms with van der Waals surface area (Å²) in [6, 6.07) is 2.91. The van der Waals surface area contributed by atoms with Gasteiger partial charge in [-0.25, -0.2) is 13.1 Å². The normalized spacial score (nSPS) is 23.1. The lowest BCUT2D eigenvalue weighted by Crippen LogP contribution is -2.27. The lowest BCUT2D eigenvalue weighted by molar-refractivity contribution is 0.578. The Morgan fingerprint density at radius 3 is 2.56 bits per heavy atom. The molecule has 100 valence electrons. The molecule has 2 rings (SSSR count). The zero-order chi connectivity index (χ0) is 13.5. The van der Waals surface area contributed by atoms with E-state index in [0.29, 0.717) is 16.5 Å². The Hall–Kier alpha value is -0.330. The highest BCUT2D eigenvalue weighted by atomic mass is 35.5. The SMILES string of the molecule is CC1CC1NS(=O)(=O)c1cc(Cl)cc(CN)c1Cl. The maximum Gasteiger partial charge on any atom is 0.242 e. The quantitative estimate of drug-likeness (QED) is 0.895. The Labute approximate surface area is 117 Å². The molecule has 1 fully saturated rings. The van der Waals surface area contributed by atoms with Gasteiger partial charge in [0.15, 0.2) is 0 Å². The minimum atomic E-state index is -3.64. The van der Waals surface area contributed by atoms with Gasteiger partial charge in [-0.05, 0) is 30.0 Å². The van der Waals surface area contributed by atoms with Crippen molar-refractivity contribution in [3.63, 3.8) is 0 Å². The fourth-order valence-electron chi connectivity index (χ4n) is 1.71. The van der Waals surface area contributed by atoms with E-state index in [2.05, 4.69) is 4.72 Å². The van der Waals surface area contributed by atoms with Crippen LogP contribution in [0.25, 0.3) is 0 Å². The van der Waals surface area contributed by atoms with Gasteiger partial charge in [0.25, 0.3) is 0 Å². The molecule has 1 saturated carbocycles. The molecule has 0 amide bonds. The highest BCUT2D eigenvalue weighted by Crippen LogP contribution is 2.33. The van der Waals surface area contributed by atoms with Crippen molar-refractivity contribution in [3.8, 4) is 0 Å². The molecule has 0 aromatic heterocycles. The van der Waals surface area contributed by atoms with Crippen LogP contribution in [0.5, 0.6) is 0 Å². The highest BCUT2D eigenvalue weighted by molar-refractivity contribution is 7.89. The van der Waals surface area contributed by atoms with Crippen LogP contribution in [0.1, 0.15) is 18.9 Å². The van der Waals surface area contributed by atoms with E-state index in [4.69, 9.17) is 28.9 Å². The van der Waals surface area contributed by atoms with Crippen molar-refractivity contribution in [1.82, 2.24) is 4.72 Å². The number of rotatable bonds is 4. The molecule has 0 bridgehead atoms. The second-order valence-corrected chi connectivity index (χ2v) is 7.02. The van der Waals surface area contributed by atoms with Crippen LogP contribution in [-0.2, 0) is 16.6 Å². The molecule has 2 unspecified atom stereocenters. The van der Waals surface area contributed by atoms with Crippen molar-refractivity contribution in [2.45, 2.75) is 30.8 Å². The van der Waals surface area contributed by atoms with Crippen molar-refractivity contribution < 1.29 is 8.42 Å². The van der Waals surface area contributed by atoms with Crippen molar-refractivity contribution in [2.24, 2.45) is 11.7 Å². The number of sulfonamides is 1. The monoisotopic (exact) mass is 308 g/mol. The van der Waals surface area contributed by atoms with Crippen LogP contribution < -0.4 is 10.5 Å². The summed E-state index contributed by atoms with van der Waals surface area (Å²) in [7, 11) is -3.64. The van der Waals surface area contributed by atoms with E-state index in [-0.39, 0.29) is 22.5 Å². The molecule has 4 nitrogen and oxygen atoms in total. The third kappa shape index (κ3) is 2.81. The second kappa shape index (κ2) is 4.98. The first-order valence-corrected chi connectivity index (χ1v) is 7.79. The second-order valence-electron chi connectivity index (χ2n) is 4.52. The lowest BCUT2D eigenvalue weighted by Gasteiger charge is -2.11. The summed E-state index contributed by atoms with van der Waals surface area (Å²) in [6.07, 6.45) is 0.848. The topological polar surface area (TPSA) is 72.2 Å². The van der Waals surface area contributed by atoms with Crippen molar-refractivity contribution in [2.75, 3.05) is 0 Å². The molecular formula is C11H14Cl2N2O2S. The van der Waals surface area contributed by atoms with Gasteiger partial charge in [-0.3, -0.25) is 0 Å². The van der Waals surface area contributed by atoms with Gasteiger partial charge in [0, 0.05) is 17.6 Å². The molecule has 0 radical (unpaired) electrons. The van der Waals surface area contributed by atoms with Gasteiger partial charge in [-0.1, -0.05) is 30.1 Å². The van der Waals surface area contributed by atoms with Crippen LogP contribution in [0, 0.1) is 5.92 Å². The Bertz CT molecular complexity index is 575. The molecule has 0 saturated heterocycles. The fourth-order valence-corrected chi connectivity index (χ4v) is 4.01. The van der Waals surface area contributed by atoms with Crippen LogP contribution in [-0.4, -0.2) is 14.5 Å². The minimum absolute atomic E-state index is 0.00350. The predicted molar refractivity (Wildman–Crippen MR) is 72.2 cm³/mol. The zero-order valence-electron chi connectivity index (χ0n) is 9.78. The average molecular weight is 309 g/mol. The van der Waals surface area contributed by atoms with E-state index < -0.39 is 10.0 Å². The molecule has 1 aromatic rings. The Morgan fingerprint density at radius 2 is 2.06 bits per heavy atom. The van der Waals surface area contributed by atoms with Crippen molar-refractivity contribution >= 4 is 33.2 Å². The molecule has 0 spiro atoms. The van der Waals surface area contributed by atoms with Crippen molar-refractivity contribution in [3.05, 3.63) is 27.7 Å². The first-order valence-electron chi connectivity index (χ1n) is 5.55. The number of halogens is 2. The van der Waals surface area contributed by atoms with E-state index in [1.807, 2.05) is 6.92 Å². The Balaban J connectivity index is 2.40. The van der Waals surface area contributed by atoms with Gasteiger partial charge < -0.3 is 5.73 Å².